The minimum atomic E-state index is -0.143. The van der Waals surface area contributed by atoms with Crippen molar-refractivity contribution < 1.29 is 14.3 Å². The van der Waals surface area contributed by atoms with E-state index in [1.54, 1.807) is 6.08 Å². The predicted molar refractivity (Wildman–Crippen MR) is 58.8 cm³/mol. The number of hydrogen-bond acceptors (Lipinski definition) is 4. The number of esters is 1. The van der Waals surface area contributed by atoms with Crippen molar-refractivity contribution in [1.82, 2.24) is 5.32 Å². The van der Waals surface area contributed by atoms with Crippen molar-refractivity contribution in [1.29, 1.82) is 0 Å². The maximum absolute atomic E-state index is 11.6. The van der Waals surface area contributed by atoms with Crippen molar-refractivity contribution in [3.8, 4) is 0 Å². The van der Waals surface area contributed by atoms with Gasteiger partial charge in [-0.1, -0.05) is 6.08 Å². The highest BCUT2D eigenvalue weighted by atomic mass is 16.5. The van der Waals surface area contributed by atoms with E-state index in [2.05, 4.69) is 5.32 Å². The van der Waals surface area contributed by atoms with E-state index in [1.165, 1.54) is 0 Å². The van der Waals surface area contributed by atoms with Gasteiger partial charge < -0.3 is 10.1 Å². The summed E-state index contributed by atoms with van der Waals surface area (Å²) < 4.78 is 5.01. The molecule has 4 heteroatoms. The molecular formula is C12H17NO3. The lowest BCUT2D eigenvalue weighted by Crippen LogP contribution is -2.52. The van der Waals surface area contributed by atoms with Gasteiger partial charge in [0.25, 0.3) is 0 Å². The fourth-order valence-corrected chi connectivity index (χ4v) is 2.49. The lowest BCUT2D eigenvalue weighted by atomic mass is 9.78. The zero-order chi connectivity index (χ0) is 11.5. The molecule has 0 saturated carbocycles. The highest BCUT2D eigenvalue weighted by Crippen LogP contribution is 2.28. The molecule has 88 valence electrons. The molecule has 1 aliphatic heterocycles. The second-order valence-electron chi connectivity index (χ2n) is 4.37. The molecule has 1 N–H and O–H groups in total. The molecule has 16 heavy (non-hydrogen) atoms. The zero-order valence-corrected chi connectivity index (χ0v) is 9.44. The summed E-state index contributed by atoms with van der Waals surface area (Å²) in [7, 11) is 0. The minimum absolute atomic E-state index is 0.0873. The van der Waals surface area contributed by atoms with Crippen molar-refractivity contribution >= 4 is 11.8 Å². The van der Waals surface area contributed by atoms with Gasteiger partial charge in [-0.3, -0.25) is 9.59 Å². The van der Waals surface area contributed by atoms with Gasteiger partial charge >= 0.3 is 5.97 Å². The SMILES string of the molecule is CCOC(=O)C1CNC2C(=O)C=CCC2C1. The second kappa shape index (κ2) is 4.78. The fourth-order valence-electron chi connectivity index (χ4n) is 2.49. The van der Waals surface area contributed by atoms with Crippen LogP contribution in [0.1, 0.15) is 19.8 Å². The molecule has 0 aromatic heterocycles. The van der Waals surface area contributed by atoms with Gasteiger partial charge in [-0.2, -0.15) is 0 Å². The lowest BCUT2D eigenvalue weighted by molar-refractivity contribution is -0.150. The summed E-state index contributed by atoms with van der Waals surface area (Å²) in [6.45, 7) is 2.78. The molecule has 1 heterocycles. The Morgan fingerprint density at radius 2 is 2.44 bits per heavy atom. The molecule has 3 unspecified atom stereocenters. The molecule has 0 spiro atoms. The quantitative estimate of drug-likeness (QED) is 0.699. The maximum atomic E-state index is 11.6. The molecule has 0 radical (unpaired) electrons. The van der Waals surface area contributed by atoms with Crippen molar-refractivity contribution in [2.24, 2.45) is 11.8 Å². The van der Waals surface area contributed by atoms with E-state index in [0.29, 0.717) is 13.2 Å². The van der Waals surface area contributed by atoms with Crippen LogP contribution in [-0.2, 0) is 14.3 Å². The molecule has 4 nitrogen and oxygen atoms in total. The highest BCUT2D eigenvalue weighted by molar-refractivity contribution is 5.95. The van der Waals surface area contributed by atoms with Crippen molar-refractivity contribution in [2.75, 3.05) is 13.2 Å². The Bertz CT molecular complexity index is 324. The van der Waals surface area contributed by atoms with Crippen LogP contribution in [0.5, 0.6) is 0 Å². The first-order chi connectivity index (χ1) is 7.72. The number of ketones is 1. The summed E-state index contributed by atoms with van der Waals surface area (Å²) in [6, 6.07) is -0.0873. The van der Waals surface area contributed by atoms with Crippen molar-refractivity contribution in [3.63, 3.8) is 0 Å². The normalized spacial score (nSPS) is 33.3. The summed E-state index contributed by atoms with van der Waals surface area (Å²) >= 11 is 0. The number of carbonyl (C=O) groups excluding carboxylic acids is 2. The number of allylic oxidation sites excluding steroid dienone is 1. The number of ether oxygens (including phenoxy) is 1. The molecule has 3 atom stereocenters. The summed E-state index contributed by atoms with van der Waals surface area (Å²) in [5.41, 5.74) is 0. The summed E-state index contributed by atoms with van der Waals surface area (Å²) in [4.78, 5) is 23.2. The van der Waals surface area contributed by atoms with E-state index in [9.17, 15) is 9.59 Å². The van der Waals surface area contributed by atoms with Gasteiger partial charge in [-0.25, -0.2) is 0 Å². The van der Waals surface area contributed by atoms with Crippen LogP contribution < -0.4 is 5.32 Å². The molecule has 2 aliphatic rings. The number of nitrogens with one attached hydrogen (secondary N) is 1. The van der Waals surface area contributed by atoms with Crippen LogP contribution in [0.4, 0.5) is 0 Å². The summed E-state index contributed by atoms with van der Waals surface area (Å²) in [5, 5.41) is 3.16. The van der Waals surface area contributed by atoms with Gasteiger partial charge in [0.15, 0.2) is 5.78 Å². The standard InChI is InChI=1S/C12H17NO3/c1-2-16-12(15)9-6-8-4-3-5-10(14)11(8)13-7-9/h3,5,8-9,11,13H,2,4,6-7H2,1H3. The molecule has 1 fully saturated rings. The van der Waals surface area contributed by atoms with E-state index in [-0.39, 0.29) is 29.6 Å². The van der Waals surface area contributed by atoms with E-state index in [0.717, 1.165) is 12.8 Å². The van der Waals surface area contributed by atoms with E-state index < -0.39 is 0 Å². The Morgan fingerprint density at radius 1 is 1.62 bits per heavy atom. The highest BCUT2D eigenvalue weighted by Gasteiger charge is 2.37. The minimum Gasteiger partial charge on any atom is -0.466 e. The van der Waals surface area contributed by atoms with E-state index >= 15 is 0 Å². The summed E-state index contributed by atoms with van der Waals surface area (Å²) in [5.74, 6) is 0.148. The maximum Gasteiger partial charge on any atom is 0.310 e. The first-order valence-electron chi connectivity index (χ1n) is 5.82. The van der Waals surface area contributed by atoms with Crippen LogP contribution in [-0.4, -0.2) is 30.9 Å². The average Bonchev–Trinajstić information content (AvgIpc) is 2.29. The van der Waals surface area contributed by atoms with Crippen molar-refractivity contribution in [3.05, 3.63) is 12.2 Å². The van der Waals surface area contributed by atoms with Gasteiger partial charge in [0.2, 0.25) is 0 Å². The molecule has 1 saturated heterocycles. The molecule has 0 aromatic carbocycles. The van der Waals surface area contributed by atoms with Crippen molar-refractivity contribution in [2.45, 2.75) is 25.8 Å². The Hall–Kier alpha value is -1.16. The topological polar surface area (TPSA) is 55.4 Å². The molecule has 0 aromatic rings. The Labute approximate surface area is 95.0 Å². The van der Waals surface area contributed by atoms with Crippen LogP contribution in [0.15, 0.2) is 12.2 Å². The average molecular weight is 223 g/mol. The molecule has 0 amide bonds. The van der Waals surface area contributed by atoms with Gasteiger partial charge in [0.1, 0.15) is 0 Å². The second-order valence-corrected chi connectivity index (χ2v) is 4.37. The fraction of sp³-hybridized carbons (Fsp3) is 0.667. The Balaban J connectivity index is 1.98. The number of rotatable bonds is 2. The molecule has 0 bridgehead atoms. The first kappa shape index (κ1) is 11.3. The summed E-state index contributed by atoms with van der Waals surface area (Å²) in [6.07, 6.45) is 5.17. The van der Waals surface area contributed by atoms with E-state index in [4.69, 9.17) is 4.74 Å². The third kappa shape index (κ3) is 2.16. The predicted octanol–water partition coefficient (Wildman–Crippen LogP) is 0.673. The van der Waals surface area contributed by atoms with Gasteiger partial charge in [-0.05, 0) is 31.8 Å². The Morgan fingerprint density at radius 3 is 3.19 bits per heavy atom. The van der Waals surface area contributed by atoms with Crippen LogP contribution in [0.25, 0.3) is 0 Å². The third-order valence-corrected chi connectivity index (χ3v) is 3.29. The number of hydrogen-bond donors (Lipinski definition) is 1. The zero-order valence-electron chi connectivity index (χ0n) is 9.44. The lowest BCUT2D eigenvalue weighted by Gasteiger charge is -2.36. The van der Waals surface area contributed by atoms with Gasteiger partial charge in [-0.15, -0.1) is 0 Å². The first-order valence-corrected chi connectivity index (χ1v) is 5.82. The van der Waals surface area contributed by atoms with E-state index in [1.807, 2.05) is 13.0 Å². The van der Waals surface area contributed by atoms with Crippen LogP contribution in [0, 0.1) is 11.8 Å². The van der Waals surface area contributed by atoms with Crippen LogP contribution >= 0.6 is 0 Å². The van der Waals surface area contributed by atoms with Gasteiger partial charge in [0, 0.05) is 6.54 Å². The number of piperidine rings is 1. The van der Waals surface area contributed by atoms with Crippen LogP contribution in [0.3, 0.4) is 0 Å². The number of fused-ring (bicyclic) bond motifs is 1. The Kier molecular flexibility index (Phi) is 3.39. The largest absolute Gasteiger partial charge is 0.466 e. The molecule has 1 aliphatic carbocycles. The van der Waals surface area contributed by atoms with Crippen LogP contribution in [0.2, 0.25) is 0 Å². The smallest absolute Gasteiger partial charge is 0.310 e. The molecular weight excluding hydrogens is 206 g/mol. The van der Waals surface area contributed by atoms with Gasteiger partial charge in [0.05, 0.1) is 18.6 Å². The number of carbonyl (C=O) groups is 2. The third-order valence-electron chi connectivity index (χ3n) is 3.29. The monoisotopic (exact) mass is 223 g/mol. The molecule has 2 rings (SSSR count).